The van der Waals surface area contributed by atoms with E-state index in [2.05, 4.69) is 15.1 Å². The maximum Gasteiger partial charge on any atom is 0.258 e. The zero-order chi connectivity index (χ0) is 20.5. The minimum atomic E-state index is -0.201. The number of aryl methyl sites for hydroxylation is 2. The van der Waals surface area contributed by atoms with E-state index in [4.69, 9.17) is 20.9 Å². The van der Waals surface area contributed by atoms with Crippen LogP contribution in [0.3, 0.4) is 0 Å². The average Bonchev–Trinajstić information content (AvgIpc) is 3.36. The van der Waals surface area contributed by atoms with Gasteiger partial charge in [-0.2, -0.15) is 0 Å². The molecule has 1 amide bonds. The van der Waals surface area contributed by atoms with Crippen molar-refractivity contribution in [2.45, 2.75) is 32.7 Å². The molecule has 2 aromatic heterocycles. The van der Waals surface area contributed by atoms with E-state index in [-0.39, 0.29) is 11.9 Å². The summed E-state index contributed by atoms with van der Waals surface area (Å²) in [7, 11) is 1.54. The Kier molecular flexibility index (Phi) is 5.24. The number of hydrogen-bond acceptors (Lipinski definition) is 6. The Morgan fingerprint density at radius 1 is 1.31 bits per heavy atom. The van der Waals surface area contributed by atoms with E-state index in [9.17, 15) is 4.79 Å². The van der Waals surface area contributed by atoms with Crippen LogP contribution in [0.15, 0.2) is 35.0 Å². The average molecular weight is 413 g/mol. The molecule has 150 valence electrons. The quantitative estimate of drug-likeness (QED) is 0.632. The topological polar surface area (TPSA) is 81.4 Å². The number of halogens is 1. The van der Waals surface area contributed by atoms with Gasteiger partial charge in [0.15, 0.2) is 5.76 Å². The van der Waals surface area contributed by atoms with E-state index in [0.29, 0.717) is 34.5 Å². The van der Waals surface area contributed by atoms with Gasteiger partial charge in [-0.25, -0.2) is 9.97 Å². The van der Waals surface area contributed by atoms with Crippen LogP contribution >= 0.6 is 11.6 Å². The van der Waals surface area contributed by atoms with E-state index in [1.807, 2.05) is 24.8 Å². The summed E-state index contributed by atoms with van der Waals surface area (Å²) in [5, 5.41) is 4.46. The first kappa shape index (κ1) is 19.4. The summed E-state index contributed by atoms with van der Waals surface area (Å²) in [4.78, 5) is 24.2. The summed E-state index contributed by atoms with van der Waals surface area (Å²) in [6.07, 6.45) is 3.40. The maximum absolute atomic E-state index is 13.4. The first-order valence-corrected chi connectivity index (χ1v) is 9.77. The maximum atomic E-state index is 13.4. The highest BCUT2D eigenvalue weighted by Crippen LogP contribution is 2.38. The largest absolute Gasteiger partial charge is 0.496 e. The number of likely N-dealkylation sites (tertiary alicyclic amines) is 1. The molecule has 0 spiro atoms. The predicted octanol–water partition coefficient (Wildman–Crippen LogP) is 4.39. The normalized spacial score (nSPS) is 16.3. The molecule has 7 nitrogen and oxygen atoms in total. The van der Waals surface area contributed by atoms with Crippen LogP contribution in [0.1, 0.15) is 46.5 Å². The SMILES string of the molecule is COc1ccc(Cl)cc1C(=O)N1CCC[C@@H]1c1nc(C)ncc1-c1cc(C)no1. The lowest BCUT2D eigenvalue weighted by molar-refractivity contribution is 0.0729. The lowest BCUT2D eigenvalue weighted by Gasteiger charge is -2.26. The number of aromatic nitrogens is 3. The second-order valence-corrected chi connectivity index (χ2v) is 7.49. The van der Waals surface area contributed by atoms with Crippen LogP contribution in [0, 0.1) is 13.8 Å². The van der Waals surface area contributed by atoms with Crippen LogP contribution in [0.5, 0.6) is 5.75 Å². The van der Waals surface area contributed by atoms with E-state index in [1.54, 1.807) is 31.5 Å². The molecule has 1 aliphatic heterocycles. The molecule has 0 unspecified atom stereocenters. The first-order valence-electron chi connectivity index (χ1n) is 9.39. The van der Waals surface area contributed by atoms with Crippen LogP contribution in [-0.4, -0.2) is 39.6 Å². The molecule has 8 heteroatoms. The lowest BCUT2D eigenvalue weighted by atomic mass is 10.0. The van der Waals surface area contributed by atoms with Gasteiger partial charge in [-0.3, -0.25) is 4.79 Å². The minimum absolute atomic E-state index is 0.136. The van der Waals surface area contributed by atoms with Gasteiger partial charge in [0, 0.05) is 23.8 Å². The molecule has 1 fully saturated rings. The van der Waals surface area contributed by atoms with Gasteiger partial charge < -0.3 is 14.2 Å². The molecule has 0 radical (unpaired) electrons. The van der Waals surface area contributed by atoms with Gasteiger partial charge in [0.1, 0.15) is 11.6 Å². The molecular weight excluding hydrogens is 392 g/mol. The third-order valence-electron chi connectivity index (χ3n) is 5.05. The molecular formula is C21H21ClN4O3. The number of ether oxygens (including phenoxy) is 1. The minimum Gasteiger partial charge on any atom is -0.496 e. The number of benzene rings is 1. The van der Waals surface area contributed by atoms with Gasteiger partial charge in [0.05, 0.1) is 35.7 Å². The molecule has 4 rings (SSSR count). The van der Waals surface area contributed by atoms with Gasteiger partial charge >= 0.3 is 0 Å². The molecule has 3 aromatic rings. The highest BCUT2D eigenvalue weighted by atomic mass is 35.5. The Balaban J connectivity index is 1.76. The molecule has 0 N–H and O–H groups in total. The lowest BCUT2D eigenvalue weighted by Crippen LogP contribution is -2.31. The van der Waals surface area contributed by atoms with Crippen LogP contribution in [-0.2, 0) is 0 Å². The third kappa shape index (κ3) is 3.70. The van der Waals surface area contributed by atoms with E-state index in [1.165, 1.54) is 0 Å². The number of nitrogens with zero attached hydrogens (tertiary/aromatic N) is 4. The zero-order valence-corrected chi connectivity index (χ0v) is 17.2. The van der Waals surface area contributed by atoms with Crippen molar-refractivity contribution >= 4 is 17.5 Å². The summed E-state index contributed by atoms with van der Waals surface area (Å²) >= 11 is 6.14. The number of rotatable bonds is 4. The molecule has 1 aliphatic rings. The number of carbonyl (C=O) groups excluding carboxylic acids is 1. The fourth-order valence-corrected chi connectivity index (χ4v) is 3.89. The third-order valence-corrected chi connectivity index (χ3v) is 5.29. The standard InChI is InChI=1S/C21H21ClN4O3/c1-12-9-19(29-25-12)16-11-23-13(2)24-20(16)17-5-4-8-26(17)21(27)15-10-14(22)6-7-18(15)28-3/h6-7,9-11,17H,4-5,8H2,1-3H3/t17-/m1/s1. The number of carbonyl (C=O) groups is 1. The van der Waals surface area contributed by atoms with Crippen molar-refractivity contribution in [3.05, 3.63) is 58.3 Å². The second-order valence-electron chi connectivity index (χ2n) is 7.05. The second kappa shape index (κ2) is 7.83. The van der Waals surface area contributed by atoms with Gasteiger partial charge in [-0.15, -0.1) is 0 Å². The van der Waals surface area contributed by atoms with Crippen molar-refractivity contribution in [1.29, 1.82) is 0 Å². The van der Waals surface area contributed by atoms with Crippen molar-refractivity contribution in [1.82, 2.24) is 20.0 Å². The summed E-state index contributed by atoms with van der Waals surface area (Å²) in [6, 6.07) is 6.70. The summed E-state index contributed by atoms with van der Waals surface area (Å²) in [5.74, 6) is 1.59. The molecule has 3 heterocycles. The van der Waals surface area contributed by atoms with Gasteiger partial charge in [-0.05, 0) is 44.9 Å². The van der Waals surface area contributed by atoms with Crippen molar-refractivity contribution in [3.63, 3.8) is 0 Å². The van der Waals surface area contributed by atoms with Crippen LogP contribution in [0.2, 0.25) is 5.02 Å². The summed E-state index contributed by atoms with van der Waals surface area (Å²) in [6.45, 7) is 4.32. The van der Waals surface area contributed by atoms with Crippen LogP contribution in [0.4, 0.5) is 0 Å². The van der Waals surface area contributed by atoms with Crippen molar-refractivity contribution < 1.29 is 14.1 Å². The number of hydrogen-bond donors (Lipinski definition) is 0. The first-order chi connectivity index (χ1) is 14.0. The Morgan fingerprint density at radius 3 is 2.86 bits per heavy atom. The highest BCUT2D eigenvalue weighted by molar-refractivity contribution is 6.31. The monoisotopic (exact) mass is 412 g/mol. The molecule has 1 aromatic carbocycles. The predicted molar refractivity (Wildman–Crippen MR) is 108 cm³/mol. The van der Waals surface area contributed by atoms with Crippen molar-refractivity contribution in [2.75, 3.05) is 13.7 Å². The fourth-order valence-electron chi connectivity index (χ4n) is 3.72. The van der Waals surface area contributed by atoms with Crippen LogP contribution < -0.4 is 4.74 Å². The fraction of sp³-hybridized carbons (Fsp3) is 0.333. The van der Waals surface area contributed by atoms with Crippen molar-refractivity contribution in [3.8, 4) is 17.1 Å². The molecule has 29 heavy (non-hydrogen) atoms. The van der Waals surface area contributed by atoms with E-state index >= 15 is 0 Å². The van der Waals surface area contributed by atoms with E-state index < -0.39 is 0 Å². The Bertz CT molecular complexity index is 1070. The smallest absolute Gasteiger partial charge is 0.258 e. The Hall–Kier alpha value is -2.93. The molecule has 1 saturated heterocycles. The number of amides is 1. The zero-order valence-electron chi connectivity index (χ0n) is 16.5. The molecule has 0 aliphatic carbocycles. The Morgan fingerprint density at radius 2 is 2.14 bits per heavy atom. The van der Waals surface area contributed by atoms with Crippen molar-refractivity contribution in [2.24, 2.45) is 0 Å². The highest BCUT2D eigenvalue weighted by Gasteiger charge is 2.35. The number of methoxy groups -OCH3 is 1. The van der Waals surface area contributed by atoms with E-state index in [0.717, 1.165) is 29.8 Å². The van der Waals surface area contributed by atoms with Crippen LogP contribution in [0.25, 0.3) is 11.3 Å². The van der Waals surface area contributed by atoms with Gasteiger partial charge in [0.2, 0.25) is 0 Å². The molecule has 1 atom stereocenters. The Labute approximate surface area is 173 Å². The molecule has 0 saturated carbocycles. The molecule has 0 bridgehead atoms. The summed E-state index contributed by atoms with van der Waals surface area (Å²) in [5.41, 5.74) is 2.73. The summed E-state index contributed by atoms with van der Waals surface area (Å²) < 4.78 is 10.8. The van der Waals surface area contributed by atoms with Gasteiger partial charge in [0.25, 0.3) is 5.91 Å². The van der Waals surface area contributed by atoms with Gasteiger partial charge in [-0.1, -0.05) is 16.8 Å².